The van der Waals surface area contributed by atoms with Crippen molar-refractivity contribution < 1.29 is 4.42 Å². The van der Waals surface area contributed by atoms with E-state index >= 15 is 0 Å². The summed E-state index contributed by atoms with van der Waals surface area (Å²) in [5.41, 5.74) is 1.85. The number of nitrogens with one attached hydrogen (secondary N) is 1. The molecule has 0 atom stereocenters. The van der Waals surface area contributed by atoms with Gasteiger partial charge < -0.3 is 9.73 Å². The van der Waals surface area contributed by atoms with Gasteiger partial charge in [0.05, 0.1) is 0 Å². The van der Waals surface area contributed by atoms with Gasteiger partial charge in [-0.15, -0.1) is 12.4 Å². The first-order valence-electron chi connectivity index (χ1n) is 5.65. The second kappa shape index (κ2) is 5.76. The molecule has 5 heteroatoms. The molecule has 0 saturated carbocycles. The highest BCUT2D eigenvalue weighted by Gasteiger charge is 2.17. The summed E-state index contributed by atoms with van der Waals surface area (Å²) >= 11 is 1.77. The maximum absolute atomic E-state index is 5.70. The molecule has 17 heavy (non-hydrogen) atoms. The van der Waals surface area contributed by atoms with E-state index < -0.39 is 0 Å². The highest BCUT2D eigenvalue weighted by atomic mass is 35.5. The van der Waals surface area contributed by atoms with Crippen LogP contribution in [0, 0.1) is 0 Å². The van der Waals surface area contributed by atoms with Crippen LogP contribution >= 0.6 is 24.2 Å². The average molecular weight is 271 g/mol. The van der Waals surface area contributed by atoms with Crippen molar-refractivity contribution in [3.05, 3.63) is 24.3 Å². The monoisotopic (exact) mass is 270 g/mol. The van der Waals surface area contributed by atoms with Crippen LogP contribution in [0.25, 0.3) is 11.1 Å². The maximum Gasteiger partial charge on any atom is 0.257 e. The van der Waals surface area contributed by atoms with E-state index in [0.717, 1.165) is 29.4 Å². The third kappa shape index (κ3) is 2.94. The van der Waals surface area contributed by atoms with Crippen LogP contribution in [-0.2, 0) is 0 Å². The molecule has 0 amide bonds. The molecule has 1 saturated heterocycles. The van der Waals surface area contributed by atoms with Gasteiger partial charge in [0.1, 0.15) is 5.52 Å². The molecule has 0 aliphatic carbocycles. The Bertz CT molecular complexity index is 449. The summed E-state index contributed by atoms with van der Waals surface area (Å²) in [6.45, 7) is 2.22. The van der Waals surface area contributed by atoms with E-state index in [1.54, 1.807) is 11.8 Å². The first-order chi connectivity index (χ1) is 7.92. The molecule has 1 aromatic heterocycles. The summed E-state index contributed by atoms with van der Waals surface area (Å²) in [5, 5.41) is 4.82. The highest BCUT2D eigenvalue weighted by Crippen LogP contribution is 2.30. The van der Waals surface area contributed by atoms with Crippen LogP contribution < -0.4 is 5.32 Å². The summed E-state index contributed by atoms with van der Waals surface area (Å²) in [5.74, 6) is 0. The number of benzene rings is 1. The Morgan fingerprint density at radius 3 is 2.76 bits per heavy atom. The fourth-order valence-electron chi connectivity index (χ4n) is 1.96. The van der Waals surface area contributed by atoms with Crippen LogP contribution in [0.15, 0.2) is 33.9 Å². The summed E-state index contributed by atoms with van der Waals surface area (Å²) in [7, 11) is 0. The van der Waals surface area contributed by atoms with Crippen LogP contribution in [0.5, 0.6) is 0 Å². The fourth-order valence-corrected chi connectivity index (χ4v) is 3.00. The van der Waals surface area contributed by atoms with Gasteiger partial charge in [-0.2, -0.15) is 0 Å². The van der Waals surface area contributed by atoms with Gasteiger partial charge in [-0.3, -0.25) is 0 Å². The van der Waals surface area contributed by atoms with Crippen LogP contribution in [0.1, 0.15) is 12.8 Å². The SMILES string of the molecule is Cl.c1ccc2oc(SC3CCNCC3)nc2c1. The van der Waals surface area contributed by atoms with Crippen molar-refractivity contribution in [2.24, 2.45) is 0 Å². The van der Waals surface area contributed by atoms with Gasteiger partial charge in [-0.25, -0.2) is 4.98 Å². The summed E-state index contributed by atoms with van der Waals surface area (Å²) in [6, 6.07) is 7.93. The minimum atomic E-state index is 0. The number of rotatable bonds is 2. The third-order valence-electron chi connectivity index (χ3n) is 2.83. The number of hydrogen-bond acceptors (Lipinski definition) is 4. The van der Waals surface area contributed by atoms with Gasteiger partial charge in [0.25, 0.3) is 5.22 Å². The first kappa shape index (κ1) is 12.7. The number of aromatic nitrogens is 1. The molecule has 2 aromatic rings. The van der Waals surface area contributed by atoms with E-state index in [1.165, 1.54) is 12.8 Å². The molecule has 1 fully saturated rings. The second-order valence-corrected chi connectivity index (χ2v) is 5.27. The molecule has 0 spiro atoms. The first-order valence-corrected chi connectivity index (χ1v) is 6.53. The fraction of sp³-hybridized carbons (Fsp3) is 0.417. The average Bonchev–Trinajstić information content (AvgIpc) is 2.72. The Morgan fingerprint density at radius 2 is 2.00 bits per heavy atom. The number of thioether (sulfide) groups is 1. The van der Waals surface area contributed by atoms with Crippen LogP contribution in [0.4, 0.5) is 0 Å². The molecule has 0 bridgehead atoms. The summed E-state index contributed by atoms with van der Waals surface area (Å²) < 4.78 is 5.70. The molecule has 0 radical (unpaired) electrons. The van der Waals surface area contributed by atoms with Crippen molar-refractivity contribution in [3.8, 4) is 0 Å². The predicted octanol–water partition coefficient (Wildman–Crippen LogP) is 3.09. The van der Waals surface area contributed by atoms with Crippen molar-refractivity contribution in [1.82, 2.24) is 10.3 Å². The van der Waals surface area contributed by atoms with Crippen molar-refractivity contribution in [2.75, 3.05) is 13.1 Å². The number of hydrogen-bond donors (Lipinski definition) is 1. The van der Waals surface area contributed by atoms with E-state index in [-0.39, 0.29) is 12.4 Å². The summed E-state index contributed by atoms with van der Waals surface area (Å²) in [4.78, 5) is 4.48. The van der Waals surface area contributed by atoms with Gasteiger partial charge in [0.15, 0.2) is 5.58 Å². The summed E-state index contributed by atoms with van der Waals surface area (Å²) in [6.07, 6.45) is 2.40. The number of fused-ring (bicyclic) bond motifs is 1. The molecule has 1 N–H and O–H groups in total. The second-order valence-electron chi connectivity index (χ2n) is 4.01. The quantitative estimate of drug-likeness (QED) is 0.910. The molecule has 1 aromatic carbocycles. The highest BCUT2D eigenvalue weighted by molar-refractivity contribution is 7.99. The van der Waals surface area contributed by atoms with Gasteiger partial charge in [0.2, 0.25) is 0 Å². The minimum absolute atomic E-state index is 0. The van der Waals surface area contributed by atoms with Crippen LogP contribution in [0.3, 0.4) is 0 Å². The number of piperidine rings is 1. The van der Waals surface area contributed by atoms with E-state index in [1.807, 2.05) is 24.3 Å². The third-order valence-corrected chi connectivity index (χ3v) is 4.01. The van der Waals surface area contributed by atoms with Crippen molar-refractivity contribution in [1.29, 1.82) is 0 Å². The maximum atomic E-state index is 5.70. The minimum Gasteiger partial charge on any atom is -0.431 e. The number of para-hydroxylation sites is 2. The molecule has 1 aliphatic rings. The van der Waals surface area contributed by atoms with Crippen molar-refractivity contribution >= 4 is 35.3 Å². The van der Waals surface area contributed by atoms with Crippen molar-refractivity contribution in [3.63, 3.8) is 0 Å². The molecule has 92 valence electrons. The van der Waals surface area contributed by atoms with Crippen molar-refractivity contribution in [2.45, 2.75) is 23.3 Å². The van der Waals surface area contributed by atoms with Crippen LogP contribution in [-0.4, -0.2) is 23.3 Å². The number of nitrogens with zero attached hydrogens (tertiary/aromatic N) is 1. The lowest BCUT2D eigenvalue weighted by Gasteiger charge is -2.20. The molecule has 1 aliphatic heterocycles. The topological polar surface area (TPSA) is 38.1 Å². The Balaban J connectivity index is 0.00000108. The van der Waals surface area contributed by atoms with Gasteiger partial charge >= 0.3 is 0 Å². The van der Waals surface area contributed by atoms with E-state index in [4.69, 9.17) is 4.42 Å². The lowest BCUT2D eigenvalue weighted by molar-refractivity contribution is 0.480. The van der Waals surface area contributed by atoms with Gasteiger partial charge in [-0.1, -0.05) is 23.9 Å². The number of oxazole rings is 1. The number of halogens is 1. The molecule has 3 rings (SSSR count). The van der Waals surface area contributed by atoms with Gasteiger partial charge in [-0.05, 0) is 38.1 Å². The lowest BCUT2D eigenvalue weighted by atomic mass is 10.2. The van der Waals surface area contributed by atoms with E-state index in [9.17, 15) is 0 Å². The van der Waals surface area contributed by atoms with Crippen LogP contribution in [0.2, 0.25) is 0 Å². The standard InChI is InChI=1S/C12H14N2OS.ClH/c1-2-4-11-10(3-1)14-12(15-11)16-9-5-7-13-8-6-9;/h1-4,9,13H,5-8H2;1H. The van der Waals surface area contributed by atoms with Gasteiger partial charge in [0, 0.05) is 5.25 Å². The Labute approximate surface area is 111 Å². The Morgan fingerprint density at radius 1 is 1.24 bits per heavy atom. The molecule has 2 heterocycles. The zero-order chi connectivity index (χ0) is 10.8. The predicted molar refractivity (Wildman–Crippen MR) is 73.0 cm³/mol. The lowest BCUT2D eigenvalue weighted by Crippen LogP contribution is -2.29. The smallest absolute Gasteiger partial charge is 0.257 e. The molecule has 3 nitrogen and oxygen atoms in total. The molecule has 0 unspecified atom stereocenters. The van der Waals surface area contributed by atoms with E-state index in [2.05, 4.69) is 10.3 Å². The zero-order valence-corrected chi connectivity index (χ0v) is 11.0. The van der Waals surface area contributed by atoms with E-state index in [0.29, 0.717) is 5.25 Å². The normalized spacial score (nSPS) is 16.9. The Hall–Kier alpha value is -0.710. The zero-order valence-electron chi connectivity index (χ0n) is 9.39. The molecular formula is C12H15ClN2OS. The Kier molecular flexibility index (Phi) is 4.31. The molecular weight excluding hydrogens is 256 g/mol. The largest absolute Gasteiger partial charge is 0.431 e.